The van der Waals surface area contributed by atoms with Crippen LogP contribution in [0, 0.1) is 0 Å². The van der Waals surface area contributed by atoms with Crippen LogP contribution in [0.1, 0.15) is 5.69 Å². The molecule has 0 atom stereocenters. The zero-order valence-electron chi connectivity index (χ0n) is 10.3. The number of benzene rings is 1. The van der Waals surface area contributed by atoms with Crippen LogP contribution in [0.2, 0.25) is 5.28 Å². The third kappa shape index (κ3) is 2.51. The minimum Gasteiger partial charge on any atom is -0.364 e. The fourth-order valence-corrected chi connectivity index (χ4v) is 2.09. The molecule has 3 rings (SSSR count). The molecule has 6 heteroatoms. The molecule has 0 bridgehead atoms. The highest BCUT2D eigenvalue weighted by Gasteiger charge is 2.06. The van der Waals surface area contributed by atoms with Gasteiger partial charge in [-0.15, -0.1) is 0 Å². The van der Waals surface area contributed by atoms with Crippen LogP contribution in [0.25, 0.3) is 10.9 Å². The molecule has 1 N–H and O–H groups in total. The number of aromatic nitrogens is 4. The van der Waals surface area contributed by atoms with E-state index in [2.05, 4.69) is 20.4 Å². The van der Waals surface area contributed by atoms with Crippen molar-refractivity contribution in [1.29, 1.82) is 0 Å². The summed E-state index contributed by atoms with van der Waals surface area (Å²) in [5, 5.41) is 8.74. The van der Waals surface area contributed by atoms with E-state index in [4.69, 9.17) is 11.6 Å². The van der Waals surface area contributed by atoms with Gasteiger partial charge in [-0.1, -0.05) is 12.1 Å². The number of hydrogen-bond donors (Lipinski definition) is 1. The third-order valence-corrected chi connectivity index (χ3v) is 2.95. The summed E-state index contributed by atoms with van der Waals surface area (Å²) in [6.45, 7) is 0.595. The van der Waals surface area contributed by atoms with Crippen LogP contribution in [0.3, 0.4) is 0 Å². The van der Waals surface area contributed by atoms with Gasteiger partial charge < -0.3 is 5.32 Å². The van der Waals surface area contributed by atoms with Crippen molar-refractivity contribution in [3.63, 3.8) is 0 Å². The van der Waals surface area contributed by atoms with Crippen molar-refractivity contribution in [1.82, 2.24) is 19.7 Å². The molecule has 0 aliphatic carbocycles. The summed E-state index contributed by atoms with van der Waals surface area (Å²) < 4.78 is 1.77. The van der Waals surface area contributed by atoms with Crippen LogP contribution in [-0.4, -0.2) is 19.7 Å². The van der Waals surface area contributed by atoms with Crippen LogP contribution < -0.4 is 5.32 Å². The van der Waals surface area contributed by atoms with Crippen LogP contribution in [-0.2, 0) is 13.6 Å². The van der Waals surface area contributed by atoms with Crippen molar-refractivity contribution in [3.05, 3.63) is 47.5 Å². The van der Waals surface area contributed by atoms with Crippen molar-refractivity contribution >= 4 is 28.3 Å². The average molecular weight is 274 g/mol. The molecular formula is C13H12ClN5. The van der Waals surface area contributed by atoms with Crippen molar-refractivity contribution in [2.75, 3.05) is 5.32 Å². The molecule has 0 aliphatic rings. The molecule has 0 amide bonds. The number of hydrogen-bond acceptors (Lipinski definition) is 4. The first-order valence-corrected chi connectivity index (χ1v) is 6.25. The second kappa shape index (κ2) is 4.85. The average Bonchev–Trinajstić information content (AvgIpc) is 2.81. The van der Waals surface area contributed by atoms with E-state index in [1.165, 1.54) is 0 Å². The van der Waals surface area contributed by atoms with Crippen molar-refractivity contribution in [2.45, 2.75) is 6.54 Å². The fraction of sp³-hybridized carbons (Fsp3) is 0.154. The van der Waals surface area contributed by atoms with Gasteiger partial charge in [0.1, 0.15) is 5.82 Å². The molecule has 2 heterocycles. The number of nitrogens with zero attached hydrogens (tertiary/aromatic N) is 4. The van der Waals surface area contributed by atoms with E-state index in [0.717, 1.165) is 22.4 Å². The topological polar surface area (TPSA) is 55.6 Å². The smallest absolute Gasteiger partial charge is 0.224 e. The highest BCUT2D eigenvalue weighted by atomic mass is 35.5. The van der Waals surface area contributed by atoms with Crippen molar-refractivity contribution < 1.29 is 0 Å². The zero-order chi connectivity index (χ0) is 13.2. The molecular weight excluding hydrogens is 262 g/mol. The number of nitrogens with one attached hydrogen (secondary N) is 1. The molecule has 0 saturated carbocycles. The summed E-state index contributed by atoms with van der Waals surface area (Å²) in [7, 11) is 1.89. The first-order valence-electron chi connectivity index (χ1n) is 5.87. The van der Waals surface area contributed by atoms with Crippen molar-refractivity contribution in [3.8, 4) is 0 Å². The largest absolute Gasteiger partial charge is 0.364 e. The molecule has 0 spiro atoms. The lowest BCUT2D eigenvalue weighted by Gasteiger charge is -2.07. The molecule has 0 fully saturated rings. The molecule has 5 nitrogen and oxygen atoms in total. The molecule has 3 aromatic rings. The lowest BCUT2D eigenvalue weighted by Crippen LogP contribution is -2.04. The second-order valence-corrected chi connectivity index (χ2v) is 4.53. The van der Waals surface area contributed by atoms with Gasteiger partial charge in [-0.25, -0.2) is 9.97 Å². The molecule has 0 saturated heterocycles. The first-order chi connectivity index (χ1) is 9.22. The molecule has 0 aliphatic heterocycles. The Bertz CT molecular complexity index is 722. The van der Waals surface area contributed by atoms with Crippen LogP contribution in [0.5, 0.6) is 0 Å². The maximum absolute atomic E-state index is 5.93. The summed E-state index contributed by atoms with van der Waals surface area (Å²) >= 11 is 5.93. The number of aryl methyl sites for hydroxylation is 1. The van der Waals surface area contributed by atoms with E-state index in [9.17, 15) is 0 Å². The van der Waals surface area contributed by atoms with Gasteiger partial charge in [0.25, 0.3) is 0 Å². The highest BCUT2D eigenvalue weighted by Crippen LogP contribution is 2.22. The summed E-state index contributed by atoms with van der Waals surface area (Å²) in [5.41, 5.74) is 1.77. The SMILES string of the molecule is Cn1ccc(CNc2nc(Cl)nc3ccccc23)n1. The van der Waals surface area contributed by atoms with Crippen LogP contribution >= 0.6 is 11.6 Å². The molecule has 2 aromatic heterocycles. The van der Waals surface area contributed by atoms with Gasteiger partial charge in [-0.05, 0) is 29.8 Å². The zero-order valence-corrected chi connectivity index (χ0v) is 11.1. The molecule has 19 heavy (non-hydrogen) atoms. The van der Waals surface area contributed by atoms with E-state index < -0.39 is 0 Å². The number of rotatable bonds is 3. The predicted molar refractivity (Wildman–Crippen MR) is 75.1 cm³/mol. The Morgan fingerprint density at radius 1 is 1.21 bits per heavy atom. The van der Waals surface area contributed by atoms with Crippen LogP contribution in [0.4, 0.5) is 5.82 Å². The molecule has 0 unspecified atom stereocenters. The van der Waals surface area contributed by atoms with Crippen molar-refractivity contribution in [2.24, 2.45) is 7.05 Å². The number of anilines is 1. The Hall–Kier alpha value is -2.14. The number of halogens is 1. The normalized spacial score (nSPS) is 10.8. The van der Waals surface area contributed by atoms with Gasteiger partial charge in [-0.2, -0.15) is 5.10 Å². The van der Waals surface area contributed by atoms with Gasteiger partial charge in [-0.3, -0.25) is 4.68 Å². The van der Waals surface area contributed by atoms with Gasteiger partial charge >= 0.3 is 0 Å². The first kappa shape index (κ1) is 11.9. The Morgan fingerprint density at radius 2 is 2.05 bits per heavy atom. The van der Waals surface area contributed by atoms with Gasteiger partial charge in [0.15, 0.2) is 0 Å². The maximum atomic E-state index is 5.93. The maximum Gasteiger partial charge on any atom is 0.224 e. The third-order valence-electron chi connectivity index (χ3n) is 2.78. The standard InChI is InChI=1S/C13H12ClN5/c1-19-7-6-9(18-19)8-15-12-10-4-2-3-5-11(10)16-13(14)17-12/h2-7H,8H2,1H3,(H,15,16,17). The van der Waals surface area contributed by atoms with E-state index in [0.29, 0.717) is 6.54 Å². The Morgan fingerprint density at radius 3 is 2.84 bits per heavy atom. The molecule has 96 valence electrons. The van der Waals surface area contributed by atoms with E-state index in [-0.39, 0.29) is 5.28 Å². The second-order valence-electron chi connectivity index (χ2n) is 4.19. The lowest BCUT2D eigenvalue weighted by molar-refractivity contribution is 0.747. The number of fused-ring (bicyclic) bond motifs is 1. The minimum absolute atomic E-state index is 0.238. The van der Waals surface area contributed by atoms with E-state index in [1.54, 1.807) is 4.68 Å². The fourth-order valence-electron chi connectivity index (χ4n) is 1.91. The van der Waals surface area contributed by atoms with Gasteiger partial charge in [0.2, 0.25) is 5.28 Å². The summed E-state index contributed by atoms with van der Waals surface area (Å²) in [5.74, 6) is 0.723. The Labute approximate surface area is 115 Å². The van der Waals surface area contributed by atoms with Crippen LogP contribution in [0.15, 0.2) is 36.5 Å². The summed E-state index contributed by atoms with van der Waals surface area (Å²) in [4.78, 5) is 8.42. The molecule has 1 aromatic carbocycles. The highest BCUT2D eigenvalue weighted by molar-refractivity contribution is 6.28. The Kier molecular flexibility index (Phi) is 3.05. The quantitative estimate of drug-likeness (QED) is 0.746. The minimum atomic E-state index is 0.238. The predicted octanol–water partition coefficient (Wildman–Crippen LogP) is 2.63. The van der Waals surface area contributed by atoms with E-state index in [1.807, 2.05) is 43.6 Å². The Balaban J connectivity index is 1.91. The van der Waals surface area contributed by atoms with E-state index >= 15 is 0 Å². The van der Waals surface area contributed by atoms with Gasteiger partial charge in [0, 0.05) is 18.6 Å². The van der Waals surface area contributed by atoms with Gasteiger partial charge in [0.05, 0.1) is 17.8 Å². The molecule has 0 radical (unpaired) electrons. The summed E-state index contributed by atoms with van der Waals surface area (Å²) in [6, 6.07) is 9.71. The monoisotopic (exact) mass is 273 g/mol. The lowest BCUT2D eigenvalue weighted by atomic mass is 10.2. The number of para-hydroxylation sites is 1. The summed E-state index contributed by atoms with van der Waals surface area (Å²) in [6.07, 6.45) is 1.90.